The van der Waals surface area contributed by atoms with Crippen LogP contribution >= 0.6 is 0 Å². The van der Waals surface area contributed by atoms with Crippen LogP contribution in [0.3, 0.4) is 0 Å². The number of hydrogen-bond acceptors (Lipinski definition) is 3. The molecule has 2 aromatic carbocycles. The van der Waals surface area contributed by atoms with Crippen LogP contribution in [0.1, 0.15) is 22.6 Å². The number of hydrogen-bond donors (Lipinski definition) is 1. The van der Waals surface area contributed by atoms with Crippen molar-refractivity contribution in [3.05, 3.63) is 106 Å². The van der Waals surface area contributed by atoms with Gasteiger partial charge in [0.15, 0.2) is 0 Å². The standard InChI is InChI=1S/C20H16O3/c21-18-13-14-23-20(22)19(18)17(16-9-5-2-6-10-16)12-11-15-7-3-1-4-8-15/h1-14,17,21H. The minimum atomic E-state index is -0.531. The van der Waals surface area contributed by atoms with Gasteiger partial charge in [-0.25, -0.2) is 4.79 Å². The van der Waals surface area contributed by atoms with Gasteiger partial charge >= 0.3 is 5.63 Å². The van der Waals surface area contributed by atoms with Crippen molar-refractivity contribution in [3.63, 3.8) is 0 Å². The second kappa shape index (κ2) is 6.79. The molecule has 0 aliphatic rings. The van der Waals surface area contributed by atoms with Gasteiger partial charge in [-0.2, -0.15) is 0 Å². The van der Waals surface area contributed by atoms with Gasteiger partial charge in [0.25, 0.3) is 0 Å². The maximum atomic E-state index is 12.1. The zero-order valence-electron chi connectivity index (χ0n) is 12.4. The van der Waals surface area contributed by atoms with E-state index in [2.05, 4.69) is 0 Å². The molecule has 0 bridgehead atoms. The molecular weight excluding hydrogens is 288 g/mol. The van der Waals surface area contributed by atoms with Crippen LogP contribution in [0.5, 0.6) is 5.75 Å². The largest absolute Gasteiger partial charge is 0.507 e. The molecule has 0 radical (unpaired) electrons. The Morgan fingerprint density at radius 1 is 0.913 bits per heavy atom. The number of aromatic hydroxyl groups is 1. The van der Waals surface area contributed by atoms with Crippen LogP contribution in [0.4, 0.5) is 0 Å². The van der Waals surface area contributed by atoms with Crippen molar-refractivity contribution in [2.45, 2.75) is 5.92 Å². The summed E-state index contributed by atoms with van der Waals surface area (Å²) in [6, 6.07) is 20.8. The smallest absolute Gasteiger partial charge is 0.343 e. The predicted octanol–water partition coefficient (Wildman–Crippen LogP) is 4.19. The van der Waals surface area contributed by atoms with Crippen molar-refractivity contribution in [3.8, 4) is 5.75 Å². The highest BCUT2D eigenvalue weighted by molar-refractivity contribution is 5.54. The highest BCUT2D eigenvalue weighted by Gasteiger charge is 2.19. The maximum Gasteiger partial charge on any atom is 0.343 e. The fourth-order valence-corrected chi connectivity index (χ4v) is 2.51. The SMILES string of the molecule is O=c1occc(O)c1C(C=Cc1ccccc1)c1ccccc1. The number of rotatable bonds is 4. The summed E-state index contributed by atoms with van der Waals surface area (Å²) >= 11 is 0. The Morgan fingerprint density at radius 3 is 2.22 bits per heavy atom. The van der Waals surface area contributed by atoms with Crippen molar-refractivity contribution in [2.24, 2.45) is 0 Å². The van der Waals surface area contributed by atoms with Crippen molar-refractivity contribution < 1.29 is 9.52 Å². The molecule has 0 amide bonds. The van der Waals surface area contributed by atoms with Crippen molar-refractivity contribution >= 4 is 6.08 Å². The molecule has 0 aliphatic heterocycles. The van der Waals surface area contributed by atoms with E-state index in [0.717, 1.165) is 11.1 Å². The van der Waals surface area contributed by atoms with Gasteiger partial charge in [0.05, 0.1) is 11.8 Å². The highest BCUT2D eigenvalue weighted by Crippen LogP contribution is 2.30. The normalized spacial score (nSPS) is 12.3. The second-order valence-electron chi connectivity index (χ2n) is 5.17. The minimum absolute atomic E-state index is 0.0622. The molecule has 3 aromatic rings. The van der Waals surface area contributed by atoms with Crippen molar-refractivity contribution in [1.82, 2.24) is 0 Å². The van der Waals surface area contributed by atoms with Gasteiger partial charge in [-0.1, -0.05) is 72.8 Å². The minimum Gasteiger partial charge on any atom is -0.507 e. The summed E-state index contributed by atoms with van der Waals surface area (Å²) < 4.78 is 4.94. The first-order valence-corrected chi connectivity index (χ1v) is 7.34. The molecule has 1 heterocycles. The van der Waals surface area contributed by atoms with Gasteiger partial charge in [0.2, 0.25) is 0 Å². The second-order valence-corrected chi connectivity index (χ2v) is 5.17. The summed E-state index contributed by atoms with van der Waals surface area (Å²) in [5.41, 5.74) is 1.64. The molecule has 1 aromatic heterocycles. The molecule has 0 spiro atoms. The fraction of sp³-hybridized carbons (Fsp3) is 0.0500. The first-order valence-electron chi connectivity index (χ1n) is 7.34. The summed E-state index contributed by atoms with van der Waals surface area (Å²) in [5, 5.41) is 10.1. The number of allylic oxidation sites excluding steroid dienone is 1. The van der Waals surface area contributed by atoms with E-state index < -0.39 is 5.63 Å². The topological polar surface area (TPSA) is 50.4 Å². The highest BCUT2D eigenvalue weighted by atomic mass is 16.4. The third-order valence-corrected chi connectivity index (χ3v) is 3.65. The van der Waals surface area contributed by atoms with Gasteiger partial charge in [0.1, 0.15) is 5.75 Å². The monoisotopic (exact) mass is 304 g/mol. The average molecular weight is 304 g/mol. The molecule has 114 valence electrons. The van der Waals surface area contributed by atoms with E-state index in [4.69, 9.17) is 4.42 Å². The molecular formula is C20H16O3. The van der Waals surface area contributed by atoms with Gasteiger partial charge in [-0.3, -0.25) is 0 Å². The third kappa shape index (κ3) is 3.40. The first kappa shape index (κ1) is 14.9. The van der Waals surface area contributed by atoms with Crippen LogP contribution in [0.25, 0.3) is 6.08 Å². The van der Waals surface area contributed by atoms with Crippen LogP contribution in [0, 0.1) is 0 Å². The Balaban J connectivity index is 2.08. The van der Waals surface area contributed by atoms with E-state index in [0.29, 0.717) is 0 Å². The molecule has 0 fully saturated rings. The van der Waals surface area contributed by atoms with Crippen LogP contribution < -0.4 is 5.63 Å². The predicted molar refractivity (Wildman–Crippen MR) is 90.4 cm³/mol. The van der Waals surface area contributed by atoms with Gasteiger partial charge in [-0.15, -0.1) is 0 Å². The van der Waals surface area contributed by atoms with Crippen LogP contribution in [-0.4, -0.2) is 5.11 Å². The lowest BCUT2D eigenvalue weighted by Crippen LogP contribution is -2.12. The van der Waals surface area contributed by atoms with Crippen molar-refractivity contribution in [2.75, 3.05) is 0 Å². The van der Waals surface area contributed by atoms with E-state index >= 15 is 0 Å². The van der Waals surface area contributed by atoms with Crippen LogP contribution in [0.15, 0.2) is 88.3 Å². The van der Waals surface area contributed by atoms with E-state index in [1.807, 2.05) is 72.8 Å². The van der Waals surface area contributed by atoms with E-state index in [1.165, 1.54) is 12.3 Å². The van der Waals surface area contributed by atoms with Crippen molar-refractivity contribution in [1.29, 1.82) is 0 Å². The lowest BCUT2D eigenvalue weighted by atomic mass is 9.91. The molecule has 3 rings (SSSR count). The van der Waals surface area contributed by atoms with Gasteiger partial charge in [-0.05, 0) is 11.1 Å². The molecule has 0 aliphatic carbocycles. The molecule has 3 nitrogen and oxygen atoms in total. The average Bonchev–Trinajstić information content (AvgIpc) is 2.59. The lowest BCUT2D eigenvalue weighted by Gasteiger charge is -2.13. The zero-order chi connectivity index (χ0) is 16.1. The third-order valence-electron chi connectivity index (χ3n) is 3.65. The van der Waals surface area contributed by atoms with E-state index in [-0.39, 0.29) is 17.2 Å². The maximum absolute atomic E-state index is 12.1. The molecule has 23 heavy (non-hydrogen) atoms. The summed E-state index contributed by atoms with van der Waals surface area (Å²) in [5.74, 6) is -0.443. The lowest BCUT2D eigenvalue weighted by molar-refractivity contribution is 0.434. The van der Waals surface area contributed by atoms with E-state index in [1.54, 1.807) is 0 Å². The Labute approximate surface area is 134 Å². The molecule has 1 atom stereocenters. The Bertz CT molecular complexity index is 849. The molecule has 1 unspecified atom stereocenters. The Hall–Kier alpha value is -3.07. The Kier molecular flexibility index (Phi) is 4.39. The Morgan fingerprint density at radius 2 is 1.57 bits per heavy atom. The van der Waals surface area contributed by atoms with E-state index in [9.17, 15) is 9.90 Å². The summed E-state index contributed by atoms with van der Waals surface area (Å²) in [4.78, 5) is 12.1. The molecule has 0 saturated heterocycles. The number of benzene rings is 2. The van der Waals surface area contributed by atoms with Crippen LogP contribution in [0.2, 0.25) is 0 Å². The molecule has 3 heteroatoms. The summed E-state index contributed by atoms with van der Waals surface area (Å²) in [6.07, 6.45) is 5.03. The zero-order valence-corrected chi connectivity index (χ0v) is 12.4. The summed E-state index contributed by atoms with van der Waals surface area (Å²) in [7, 11) is 0. The van der Waals surface area contributed by atoms with Crippen LogP contribution in [-0.2, 0) is 0 Å². The van der Waals surface area contributed by atoms with Gasteiger partial charge < -0.3 is 9.52 Å². The quantitative estimate of drug-likeness (QED) is 0.786. The first-order chi connectivity index (χ1) is 11.3. The fourth-order valence-electron chi connectivity index (χ4n) is 2.51. The van der Waals surface area contributed by atoms with Gasteiger partial charge in [0, 0.05) is 12.0 Å². The molecule has 0 saturated carbocycles. The summed E-state index contributed by atoms with van der Waals surface area (Å²) in [6.45, 7) is 0. The molecule has 1 N–H and O–H groups in total.